The molecule has 0 aliphatic carbocycles. The number of rotatable bonds is 10. The topological polar surface area (TPSA) is 109 Å². The number of anilines is 1. The maximum atomic E-state index is 13.6. The first-order chi connectivity index (χ1) is 15.8. The highest BCUT2D eigenvalue weighted by Gasteiger charge is 2.31. The van der Waals surface area contributed by atoms with Gasteiger partial charge in [0.2, 0.25) is 9.84 Å². The van der Waals surface area contributed by atoms with Crippen molar-refractivity contribution in [1.29, 1.82) is 0 Å². The van der Waals surface area contributed by atoms with Crippen LogP contribution in [0.4, 0.5) is 5.69 Å². The van der Waals surface area contributed by atoms with Crippen LogP contribution in [-0.4, -0.2) is 52.2 Å². The molecular formula is C22H24ClN3O6S. The van der Waals surface area contributed by atoms with Gasteiger partial charge in [-0.05, 0) is 23.8 Å². The summed E-state index contributed by atoms with van der Waals surface area (Å²) in [5.41, 5.74) is 1.09. The lowest BCUT2D eigenvalue weighted by atomic mass is 10.1. The van der Waals surface area contributed by atoms with E-state index < -0.39 is 15.2 Å². The van der Waals surface area contributed by atoms with Gasteiger partial charge in [-0.1, -0.05) is 17.7 Å². The van der Waals surface area contributed by atoms with E-state index in [1.807, 2.05) is 0 Å². The summed E-state index contributed by atoms with van der Waals surface area (Å²) in [6, 6.07) is 10.2. The Hall–Kier alpha value is -3.24. The molecule has 1 aromatic heterocycles. The molecule has 0 saturated carbocycles. The van der Waals surface area contributed by atoms with Gasteiger partial charge in [0.15, 0.2) is 5.03 Å². The molecule has 2 aromatic carbocycles. The van der Waals surface area contributed by atoms with E-state index >= 15 is 0 Å². The molecule has 0 radical (unpaired) electrons. The van der Waals surface area contributed by atoms with Crippen LogP contribution in [0.5, 0.6) is 23.0 Å². The van der Waals surface area contributed by atoms with E-state index in [-0.39, 0.29) is 16.6 Å². The molecule has 0 saturated heterocycles. The van der Waals surface area contributed by atoms with E-state index in [1.54, 1.807) is 36.4 Å². The number of aromatic nitrogens is 2. The van der Waals surface area contributed by atoms with Gasteiger partial charge in [0, 0.05) is 18.6 Å². The van der Waals surface area contributed by atoms with Crippen molar-refractivity contribution in [3.05, 3.63) is 59.5 Å². The zero-order valence-electron chi connectivity index (χ0n) is 18.5. The van der Waals surface area contributed by atoms with E-state index in [9.17, 15) is 8.42 Å². The number of nitrogens with zero attached hydrogens (tertiary/aromatic N) is 2. The van der Waals surface area contributed by atoms with Gasteiger partial charge in [-0.15, -0.1) is 0 Å². The second-order valence-corrected chi connectivity index (χ2v) is 9.27. The predicted molar refractivity (Wildman–Crippen MR) is 124 cm³/mol. The van der Waals surface area contributed by atoms with Gasteiger partial charge in [0.05, 0.1) is 46.5 Å². The number of methoxy groups -OCH3 is 4. The van der Waals surface area contributed by atoms with Crippen molar-refractivity contribution >= 4 is 27.1 Å². The van der Waals surface area contributed by atoms with Crippen molar-refractivity contribution in [3.63, 3.8) is 0 Å². The maximum Gasteiger partial charge on any atom is 0.218 e. The number of hydrogen-bond donors (Lipinski definition) is 1. The number of halogens is 1. The third-order valence-corrected chi connectivity index (χ3v) is 6.87. The Labute approximate surface area is 197 Å². The number of hydrogen-bond acceptors (Lipinski definition) is 9. The minimum absolute atomic E-state index is 0.0288. The first-order valence-corrected chi connectivity index (χ1v) is 11.7. The third-order valence-electron chi connectivity index (χ3n) is 4.87. The van der Waals surface area contributed by atoms with E-state index in [1.165, 1.54) is 34.6 Å². The molecule has 9 nitrogen and oxygen atoms in total. The highest BCUT2D eigenvalue weighted by Crippen LogP contribution is 2.33. The summed E-state index contributed by atoms with van der Waals surface area (Å²) >= 11 is 5.91. The smallest absolute Gasteiger partial charge is 0.218 e. The molecule has 1 atom stereocenters. The minimum atomic E-state index is -4.04. The molecule has 1 unspecified atom stereocenters. The van der Waals surface area contributed by atoms with Crippen molar-refractivity contribution in [1.82, 2.24) is 9.97 Å². The van der Waals surface area contributed by atoms with Crippen LogP contribution in [0, 0.1) is 0 Å². The summed E-state index contributed by atoms with van der Waals surface area (Å²) < 4.78 is 48.5. The Morgan fingerprint density at radius 2 is 1.55 bits per heavy atom. The second kappa shape index (κ2) is 10.6. The fourth-order valence-corrected chi connectivity index (χ4v) is 4.76. The highest BCUT2D eigenvalue weighted by molar-refractivity contribution is 7.92. The molecule has 0 fully saturated rings. The standard InChI is InChI=1S/C22H24ClN3O6S/c1-29-15-6-5-14(18(10-15)31-3)9-21(33(27,28)22-13-24-12-20(23)26-22)25-17-8-7-16(30-2)11-19(17)32-4/h5-8,10-13,21,25H,9H2,1-4H3. The summed E-state index contributed by atoms with van der Waals surface area (Å²) in [5.74, 6) is 2.04. The monoisotopic (exact) mass is 493 g/mol. The molecule has 11 heteroatoms. The lowest BCUT2D eigenvalue weighted by Gasteiger charge is -2.22. The molecule has 0 aliphatic heterocycles. The third kappa shape index (κ3) is 5.58. The van der Waals surface area contributed by atoms with E-state index in [0.29, 0.717) is 34.2 Å². The Morgan fingerprint density at radius 3 is 2.15 bits per heavy atom. The average Bonchev–Trinajstić information content (AvgIpc) is 2.83. The predicted octanol–water partition coefficient (Wildman–Crippen LogP) is 3.62. The normalized spacial score (nSPS) is 12.0. The van der Waals surface area contributed by atoms with E-state index in [2.05, 4.69) is 15.3 Å². The van der Waals surface area contributed by atoms with Gasteiger partial charge in [-0.25, -0.2) is 13.4 Å². The molecule has 0 aliphatic rings. The zero-order valence-corrected chi connectivity index (χ0v) is 20.1. The Kier molecular flexibility index (Phi) is 7.83. The number of sulfone groups is 1. The van der Waals surface area contributed by atoms with E-state index in [4.69, 9.17) is 30.5 Å². The summed E-state index contributed by atoms with van der Waals surface area (Å²) in [6.07, 6.45) is 2.47. The Balaban J connectivity index is 2.07. The fourth-order valence-electron chi connectivity index (χ4n) is 3.16. The molecule has 3 aromatic rings. The molecule has 1 N–H and O–H groups in total. The molecule has 3 rings (SSSR count). The number of nitrogens with one attached hydrogen (secondary N) is 1. The molecular weight excluding hydrogens is 470 g/mol. The van der Waals surface area contributed by atoms with Gasteiger partial charge < -0.3 is 24.3 Å². The second-order valence-electron chi connectivity index (χ2n) is 6.81. The van der Waals surface area contributed by atoms with Crippen LogP contribution in [0.2, 0.25) is 5.15 Å². The number of ether oxygens (including phenoxy) is 4. The summed E-state index contributed by atoms with van der Waals surface area (Å²) in [4.78, 5) is 7.84. The lowest BCUT2D eigenvalue weighted by Crippen LogP contribution is -2.33. The van der Waals surface area contributed by atoms with Crippen LogP contribution in [-0.2, 0) is 16.3 Å². The van der Waals surface area contributed by atoms with Gasteiger partial charge in [-0.2, -0.15) is 0 Å². The molecule has 176 valence electrons. The minimum Gasteiger partial charge on any atom is -0.497 e. The van der Waals surface area contributed by atoms with Crippen molar-refractivity contribution in [2.75, 3.05) is 33.8 Å². The van der Waals surface area contributed by atoms with E-state index in [0.717, 1.165) is 6.20 Å². The molecule has 0 amide bonds. The van der Waals surface area contributed by atoms with Crippen LogP contribution in [0.15, 0.2) is 53.8 Å². The highest BCUT2D eigenvalue weighted by atomic mass is 35.5. The van der Waals surface area contributed by atoms with Crippen molar-refractivity contribution < 1.29 is 27.4 Å². The van der Waals surface area contributed by atoms with Crippen LogP contribution in [0.25, 0.3) is 0 Å². The molecule has 1 heterocycles. The van der Waals surface area contributed by atoms with Crippen LogP contribution in [0.3, 0.4) is 0 Å². The summed E-state index contributed by atoms with van der Waals surface area (Å²) in [5, 5.41) is 1.63. The van der Waals surface area contributed by atoms with Crippen molar-refractivity contribution in [3.8, 4) is 23.0 Å². The first-order valence-electron chi connectivity index (χ1n) is 9.73. The van der Waals surface area contributed by atoms with Crippen LogP contribution < -0.4 is 24.3 Å². The quantitative estimate of drug-likeness (QED) is 0.452. The van der Waals surface area contributed by atoms with Gasteiger partial charge >= 0.3 is 0 Å². The van der Waals surface area contributed by atoms with Crippen molar-refractivity contribution in [2.24, 2.45) is 0 Å². The first kappa shape index (κ1) is 24.4. The largest absolute Gasteiger partial charge is 0.497 e. The maximum absolute atomic E-state index is 13.6. The molecule has 0 spiro atoms. The summed E-state index contributed by atoms with van der Waals surface area (Å²) in [7, 11) is 2.01. The average molecular weight is 494 g/mol. The fraction of sp³-hybridized carbons (Fsp3) is 0.273. The van der Waals surface area contributed by atoms with Crippen LogP contribution >= 0.6 is 11.6 Å². The van der Waals surface area contributed by atoms with Gasteiger partial charge in [-0.3, -0.25) is 4.98 Å². The zero-order chi connectivity index (χ0) is 24.0. The summed E-state index contributed by atoms with van der Waals surface area (Å²) in [6.45, 7) is 0. The van der Waals surface area contributed by atoms with Crippen LogP contribution in [0.1, 0.15) is 5.56 Å². The molecule has 0 bridgehead atoms. The number of benzene rings is 2. The Bertz CT molecular complexity index is 1170. The Morgan fingerprint density at radius 1 is 0.909 bits per heavy atom. The van der Waals surface area contributed by atoms with Gasteiger partial charge in [0.1, 0.15) is 33.5 Å². The lowest BCUT2D eigenvalue weighted by molar-refractivity contribution is 0.391. The molecule has 33 heavy (non-hydrogen) atoms. The SMILES string of the molecule is COc1ccc(CC(Nc2ccc(OC)cc2OC)S(=O)(=O)c2cncc(Cl)n2)c(OC)c1. The van der Waals surface area contributed by atoms with Gasteiger partial charge in [0.25, 0.3) is 0 Å². The van der Waals surface area contributed by atoms with Crippen molar-refractivity contribution in [2.45, 2.75) is 16.8 Å².